The molecule has 3 aromatic carbocycles. The number of phenols is 1. The summed E-state index contributed by atoms with van der Waals surface area (Å²) < 4.78 is 38.4. The number of phenolic OH excluding ortho intramolecular Hbond substituents is 1. The molecule has 0 saturated carbocycles. The molecule has 0 fully saturated rings. The van der Waals surface area contributed by atoms with E-state index >= 15 is 0 Å². The van der Waals surface area contributed by atoms with Crippen LogP contribution in [0.1, 0.15) is 22.3 Å². The molecule has 6 N–H and O–H groups in total. The SMILES string of the molecule is O=C(O)CCSc1nc(Cl)nc(Nc2cc(S(=O)(=O)O)cc(N=NC(=N[N-]c3cc(SOOO)ccc3C(=O)O)c3ccccc3)c2O)n1.[Cu]. The zero-order chi connectivity index (χ0) is 35.6. The van der Waals surface area contributed by atoms with E-state index in [9.17, 15) is 32.8 Å². The summed E-state index contributed by atoms with van der Waals surface area (Å²) in [4.78, 5) is 34.0. The third-order valence-electron chi connectivity index (χ3n) is 5.64. The maximum Gasteiger partial charge on any atom is 0.334 e. The smallest absolute Gasteiger partial charge is 0.334 e. The second kappa shape index (κ2) is 18.5. The van der Waals surface area contributed by atoms with Gasteiger partial charge in [-0.2, -0.15) is 23.4 Å². The van der Waals surface area contributed by atoms with Gasteiger partial charge < -0.3 is 31.2 Å². The number of carbonyl (C=O) groups is 2. The monoisotopic (exact) mass is 814 g/mol. The van der Waals surface area contributed by atoms with E-state index in [4.69, 9.17) is 22.0 Å². The van der Waals surface area contributed by atoms with Crippen molar-refractivity contribution in [2.75, 3.05) is 11.1 Å². The Morgan fingerprint density at radius 1 is 1.04 bits per heavy atom. The Morgan fingerprint density at radius 2 is 1.78 bits per heavy atom. The molecule has 0 bridgehead atoms. The minimum Gasteiger partial charge on any atom is -0.573 e. The molecule has 0 spiro atoms. The predicted molar refractivity (Wildman–Crippen MR) is 174 cm³/mol. The Morgan fingerprint density at radius 3 is 2.44 bits per heavy atom. The van der Waals surface area contributed by atoms with E-state index in [2.05, 4.69) is 50.4 Å². The van der Waals surface area contributed by atoms with Crippen molar-refractivity contribution in [2.24, 2.45) is 15.3 Å². The van der Waals surface area contributed by atoms with Crippen LogP contribution in [0.4, 0.5) is 23.0 Å². The number of anilines is 2. The van der Waals surface area contributed by atoms with Crippen molar-refractivity contribution in [3.63, 3.8) is 0 Å². The van der Waals surface area contributed by atoms with Gasteiger partial charge in [0.2, 0.25) is 11.2 Å². The number of hydrogen-bond donors (Lipinski definition) is 6. The van der Waals surface area contributed by atoms with Crippen LogP contribution >= 0.6 is 35.4 Å². The molecule has 0 unspecified atom stereocenters. The van der Waals surface area contributed by atoms with E-state index in [-0.39, 0.29) is 73.3 Å². The van der Waals surface area contributed by atoms with Crippen LogP contribution in [-0.4, -0.2) is 72.0 Å². The first-order valence-corrected chi connectivity index (χ1v) is 16.5. The van der Waals surface area contributed by atoms with Crippen LogP contribution in [-0.2, 0) is 41.4 Å². The summed E-state index contributed by atoms with van der Waals surface area (Å²) in [6, 6.07) is 13.5. The van der Waals surface area contributed by atoms with E-state index in [1.54, 1.807) is 30.3 Å². The molecule has 50 heavy (non-hydrogen) atoms. The van der Waals surface area contributed by atoms with Crippen molar-refractivity contribution in [3.8, 4) is 5.75 Å². The quantitative estimate of drug-likeness (QED) is 0.00759. The number of aromatic nitrogens is 3. The first kappa shape index (κ1) is 40.0. The van der Waals surface area contributed by atoms with Gasteiger partial charge in [-0.1, -0.05) is 53.2 Å². The number of carboxylic acids is 2. The Bertz CT molecular complexity index is 2030. The molecule has 267 valence electrons. The first-order chi connectivity index (χ1) is 23.3. The number of aromatic carboxylic acids is 1. The Balaban J connectivity index is 0.00000676. The number of thioether (sulfide) groups is 1. The molecular weight excluding hydrogens is 796 g/mol. The zero-order valence-electron chi connectivity index (χ0n) is 24.4. The molecule has 4 aromatic rings. The number of rotatable bonds is 15. The molecule has 1 radical (unpaired) electrons. The molecule has 1 aromatic heterocycles. The summed E-state index contributed by atoms with van der Waals surface area (Å²) in [6.45, 7) is 0. The minimum atomic E-state index is -4.89. The van der Waals surface area contributed by atoms with Crippen LogP contribution in [0.15, 0.2) is 90.9 Å². The topological polar surface area (TPSA) is 290 Å². The summed E-state index contributed by atoms with van der Waals surface area (Å²) >= 11 is 7.45. The molecular formula is C26H20ClCuN8O11S3-. The average Bonchev–Trinajstić information content (AvgIpc) is 3.04. The Kier molecular flexibility index (Phi) is 14.8. The van der Waals surface area contributed by atoms with Crippen molar-refractivity contribution < 1.29 is 69.6 Å². The third kappa shape index (κ3) is 11.6. The zero-order valence-corrected chi connectivity index (χ0v) is 28.6. The van der Waals surface area contributed by atoms with Crippen molar-refractivity contribution >= 4 is 86.3 Å². The number of aliphatic carboxylic acids is 1. The molecule has 24 heteroatoms. The van der Waals surface area contributed by atoms with Crippen LogP contribution < -0.4 is 5.32 Å². The van der Waals surface area contributed by atoms with E-state index < -0.39 is 38.4 Å². The molecule has 0 aliphatic heterocycles. The minimum absolute atomic E-state index is 0. The summed E-state index contributed by atoms with van der Waals surface area (Å²) in [5.41, 5.74) is 3.00. The van der Waals surface area contributed by atoms with Crippen LogP contribution in [0.5, 0.6) is 5.75 Å². The standard InChI is InChI=1S/C26H21ClN8O11S3.Cu/c27-24-29-25(31-26(30-24)47-9-8-20(36)37)28-18-11-15(49(42,43)44)12-19(21(18)38)33-35-22(13-4-2-1-3-5-13)34-32-17-10-14(48-46-45-41)6-7-16(17)23(39)40;/h1-7,10-12H,8-9H2,(H7,28,29,30,31,32,33,34,35,36,37,38,39,40,41,42,43,44);/p-1. The average molecular weight is 816 g/mol. The van der Waals surface area contributed by atoms with Crippen LogP contribution in [0.3, 0.4) is 0 Å². The number of benzene rings is 3. The van der Waals surface area contributed by atoms with Crippen molar-refractivity contribution in [3.05, 3.63) is 82.5 Å². The molecule has 4 rings (SSSR count). The van der Waals surface area contributed by atoms with E-state index in [1.807, 2.05) is 0 Å². The number of azo groups is 1. The maximum absolute atomic E-state index is 12.1. The van der Waals surface area contributed by atoms with Crippen molar-refractivity contribution in [2.45, 2.75) is 21.4 Å². The molecule has 19 nitrogen and oxygen atoms in total. The van der Waals surface area contributed by atoms with Gasteiger partial charge in [0.25, 0.3) is 10.1 Å². The van der Waals surface area contributed by atoms with E-state index in [0.717, 1.165) is 23.9 Å². The van der Waals surface area contributed by atoms with Gasteiger partial charge in [-0.3, -0.25) is 9.35 Å². The fourth-order valence-corrected chi connectivity index (χ4v) is 5.41. The number of hydrogen-bond acceptors (Lipinski definition) is 16. The van der Waals surface area contributed by atoms with Gasteiger partial charge in [0.1, 0.15) is 5.69 Å². The number of nitrogens with one attached hydrogen (secondary N) is 1. The first-order valence-electron chi connectivity index (χ1n) is 13.0. The van der Waals surface area contributed by atoms with Gasteiger partial charge in [-0.15, -0.1) is 20.2 Å². The van der Waals surface area contributed by atoms with Crippen molar-refractivity contribution in [1.82, 2.24) is 15.0 Å². The Labute approximate surface area is 305 Å². The number of aromatic hydroxyl groups is 1. The van der Waals surface area contributed by atoms with Crippen LogP contribution in [0.25, 0.3) is 5.43 Å². The maximum atomic E-state index is 12.1. The summed E-state index contributed by atoms with van der Waals surface area (Å²) in [6.07, 6.45) is -0.203. The number of amidine groups is 1. The van der Waals surface area contributed by atoms with Gasteiger partial charge in [0.15, 0.2) is 16.7 Å². The molecule has 1 heterocycles. The summed E-state index contributed by atoms with van der Waals surface area (Å²) in [5.74, 6) is -3.50. The fourth-order valence-electron chi connectivity index (χ4n) is 3.52. The largest absolute Gasteiger partial charge is 0.573 e. The van der Waals surface area contributed by atoms with Gasteiger partial charge in [-0.05, 0) is 35.9 Å². The second-order valence-corrected chi connectivity index (χ2v) is 12.5. The third-order valence-corrected chi connectivity index (χ3v) is 8.06. The van der Waals surface area contributed by atoms with Gasteiger partial charge in [0, 0.05) is 38.8 Å². The van der Waals surface area contributed by atoms with Gasteiger partial charge >= 0.3 is 11.9 Å². The summed E-state index contributed by atoms with van der Waals surface area (Å²) in [5, 5.41) is 55.7. The molecule has 0 saturated heterocycles. The van der Waals surface area contributed by atoms with E-state index in [0.29, 0.717) is 17.6 Å². The molecule has 0 aliphatic carbocycles. The molecule has 0 aliphatic rings. The summed E-state index contributed by atoms with van der Waals surface area (Å²) in [7, 11) is -4.89. The van der Waals surface area contributed by atoms with Gasteiger partial charge in [0.05, 0.1) is 29.0 Å². The number of nitrogens with zero attached hydrogens (tertiary/aromatic N) is 7. The number of carboxylic acid groups (broad SMARTS) is 2. The van der Waals surface area contributed by atoms with Gasteiger partial charge in [-0.25, -0.2) is 10.1 Å². The number of halogens is 1. The molecule has 0 atom stereocenters. The second-order valence-electron chi connectivity index (χ2n) is 8.94. The van der Waals surface area contributed by atoms with Crippen LogP contribution in [0, 0.1) is 0 Å². The Hall–Kier alpha value is -4.42. The fraction of sp³-hybridized carbons (Fsp3) is 0.0769. The molecule has 0 amide bonds. The van der Waals surface area contributed by atoms with Crippen LogP contribution in [0.2, 0.25) is 5.28 Å². The normalized spacial score (nSPS) is 11.6. The van der Waals surface area contributed by atoms with E-state index in [1.165, 1.54) is 18.2 Å². The van der Waals surface area contributed by atoms with Crippen molar-refractivity contribution in [1.29, 1.82) is 0 Å². The predicted octanol–water partition coefficient (Wildman–Crippen LogP) is 6.06.